The zero-order valence-corrected chi connectivity index (χ0v) is 12.3. The molecule has 0 unspecified atom stereocenters. The van der Waals surface area contributed by atoms with E-state index < -0.39 is 0 Å². The van der Waals surface area contributed by atoms with Crippen LogP contribution in [0.2, 0.25) is 5.02 Å². The largest absolute Gasteiger partial charge is 0.352 e. The number of hydrazone groups is 1. The lowest BCUT2D eigenvalue weighted by molar-refractivity contribution is -0.136. The molecule has 1 aromatic carbocycles. The predicted molar refractivity (Wildman–Crippen MR) is 80.1 cm³/mol. The standard InChI is InChI=1S/C15H16ClN3O2/c16-11-3-1-10(2-4-11)13-7-8-15(21)19(18-13)9-14(20)17-12-5-6-12/h1-4,12H,5-9H2,(H,17,20). The van der Waals surface area contributed by atoms with Crippen LogP contribution in [-0.4, -0.2) is 35.1 Å². The highest BCUT2D eigenvalue weighted by Crippen LogP contribution is 2.19. The fraction of sp³-hybridized carbons (Fsp3) is 0.400. The Morgan fingerprint density at radius 1 is 1.29 bits per heavy atom. The van der Waals surface area contributed by atoms with Crippen molar-refractivity contribution in [1.29, 1.82) is 0 Å². The van der Waals surface area contributed by atoms with Crippen LogP contribution in [0.3, 0.4) is 0 Å². The summed E-state index contributed by atoms with van der Waals surface area (Å²) < 4.78 is 0. The maximum Gasteiger partial charge on any atom is 0.243 e. The van der Waals surface area contributed by atoms with Gasteiger partial charge < -0.3 is 5.32 Å². The molecule has 0 spiro atoms. The van der Waals surface area contributed by atoms with Crippen molar-refractivity contribution >= 4 is 29.1 Å². The molecule has 0 bridgehead atoms. The average molecular weight is 306 g/mol. The van der Waals surface area contributed by atoms with E-state index in [4.69, 9.17) is 11.6 Å². The van der Waals surface area contributed by atoms with Crippen molar-refractivity contribution in [3.8, 4) is 0 Å². The van der Waals surface area contributed by atoms with Gasteiger partial charge in [-0.3, -0.25) is 9.59 Å². The lowest BCUT2D eigenvalue weighted by Crippen LogP contribution is -2.41. The number of benzene rings is 1. The molecule has 21 heavy (non-hydrogen) atoms. The van der Waals surface area contributed by atoms with Gasteiger partial charge in [0.25, 0.3) is 0 Å². The van der Waals surface area contributed by atoms with Crippen LogP contribution in [0, 0.1) is 0 Å². The van der Waals surface area contributed by atoms with Crippen LogP contribution < -0.4 is 5.32 Å². The molecule has 1 heterocycles. The van der Waals surface area contributed by atoms with E-state index in [-0.39, 0.29) is 24.4 Å². The van der Waals surface area contributed by atoms with Gasteiger partial charge in [-0.2, -0.15) is 5.10 Å². The Hall–Kier alpha value is -1.88. The second-order valence-electron chi connectivity index (χ2n) is 5.35. The van der Waals surface area contributed by atoms with Gasteiger partial charge in [-0.05, 0) is 30.5 Å². The smallest absolute Gasteiger partial charge is 0.243 e. The lowest BCUT2D eigenvalue weighted by atomic mass is 10.0. The summed E-state index contributed by atoms with van der Waals surface area (Å²) in [6.07, 6.45) is 3.01. The topological polar surface area (TPSA) is 61.8 Å². The Morgan fingerprint density at radius 2 is 2.00 bits per heavy atom. The van der Waals surface area contributed by atoms with Crippen molar-refractivity contribution in [2.24, 2.45) is 5.10 Å². The Bertz CT molecular complexity index is 593. The van der Waals surface area contributed by atoms with E-state index in [1.54, 1.807) is 12.1 Å². The van der Waals surface area contributed by atoms with Gasteiger partial charge in [-0.15, -0.1) is 0 Å². The minimum absolute atomic E-state index is 0.00752. The van der Waals surface area contributed by atoms with Crippen molar-refractivity contribution < 1.29 is 9.59 Å². The maximum absolute atomic E-state index is 11.9. The van der Waals surface area contributed by atoms with Crippen molar-refractivity contribution in [2.75, 3.05) is 6.54 Å². The number of carbonyl (C=O) groups excluding carboxylic acids is 2. The van der Waals surface area contributed by atoms with Gasteiger partial charge in [0.2, 0.25) is 11.8 Å². The molecule has 1 saturated carbocycles. The summed E-state index contributed by atoms with van der Waals surface area (Å²) in [4.78, 5) is 23.7. The quantitative estimate of drug-likeness (QED) is 0.924. The number of hydrogen-bond acceptors (Lipinski definition) is 3. The molecule has 1 N–H and O–H groups in total. The third-order valence-electron chi connectivity index (χ3n) is 3.52. The molecule has 0 aromatic heterocycles. The van der Waals surface area contributed by atoms with Crippen LogP contribution >= 0.6 is 11.6 Å². The normalized spacial score (nSPS) is 18.4. The molecule has 1 aliphatic heterocycles. The highest BCUT2D eigenvalue weighted by atomic mass is 35.5. The molecule has 3 rings (SSSR count). The summed E-state index contributed by atoms with van der Waals surface area (Å²) in [5.74, 6) is -0.259. The molecule has 0 saturated heterocycles. The van der Waals surface area contributed by atoms with E-state index in [9.17, 15) is 9.59 Å². The van der Waals surface area contributed by atoms with Gasteiger partial charge in [0.15, 0.2) is 0 Å². The summed E-state index contributed by atoms with van der Waals surface area (Å²) in [5, 5.41) is 9.12. The van der Waals surface area contributed by atoms with Crippen LogP contribution in [0.5, 0.6) is 0 Å². The monoisotopic (exact) mass is 305 g/mol. The summed E-state index contributed by atoms with van der Waals surface area (Å²) in [7, 11) is 0. The van der Waals surface area contributed by atoms with Crippen LogP contribution in [-0.2, 0) is 9.59 Å². The molecular formula is C15H16ClN3O2. The van der Waals surface area contributed by atoms with E-state index >= 15 is 0 Å². The van der Waals surface area contributed by atoms with Gasteiger partial charge in [-0.25, -0.2) is 5.01 Å². The van der Waals surface area contributed by atoms with Crippen LogP contribution in [0.1, 0.15) is 31.2 Å². The van der Waals surface area contributed by atoms with Crippen molar-refractivity contribution in [1.82, 2.24) is 10.3 Å². The average Bonchev–Trinajstić information content (AvgIpc) is 3.26. The molecule has 1 fully saturated rings. The van der Waals surface area contributed by atoms with Crippen LogP contribution in [0.4, 0.5) is 0 Å². The van der Waals surface area contributed by atoms with Gasteiger partial charge in [0.05, 0.1) is 5.71 Å². The van der Waals surface area contributed by atoms with Crippen molar-refractivity contribution in [3.63, 3.8) is 0 Å². The first-order valence-corrected chi connectivity index (χ1v) is 7.43. The second-order valence-corrected chi connectivity index (χ2v) is 5.78. The molecular weight excluding hydrogens is 290 g/mol. The van der Waals surface area contributed by atoms with Gasteiger partial charge in [-0.1, -0.05) is 23.7 Å². The van der Waals surface area contributed by atoms with E-state index in [0.29, 0.717) is 17.9 Å². The number of hydrogen-bond donors (Lipinski definition) is 1. The Balaban J connectivity index is 1.72. The third kappa shape index (κ3) is 3.61. The summed E-state index contributed by atoms with van der Waals surface area (Å²) in [5.41, 5.74) is 1.74. The van der Waals surface area contributed by atoms with Gasteiger partial charge >= 0.3 is 0 Å². The minimum Gasteiger partial charge on any atom is -0.352 e. The number of amides is 2. The molecule has 2 amide bonds. The third-order valence-corrected chi connectivity index (χ3v) is 3.77. The summed E-state index contributed by atoms with van der Waals surface area (Å²) in [6, 6.07) is 7.62. The van der Waals surface area contributed by atoms with E-state index in [0.717, 1.165) is 24.1 Å². The van der Waals surface area contributed by atoms with Crippen molar-refractivity contribution in [2.45, 2.75) is 31.7 Å². The minimum atomic E-state index is -0.146. The molecule has 6 heteroatoms. The molecule has 5 nitrogen and oxygen atoms in total. The first-order chi connectivity index (χ1) is 10.1. The highest BCUT2D eigenvalue weighted by Gasteiger charge is 2.27. The Labute approximate surface area is 128 Å². The molecule has 0 radical (unpaired) electrons. The SMILES string of the molecule is O=C(CN1N=C(c2ccc(Cl)cc2)CCC1=O)NC1CC1. The molecule has 0 atom stereocenters. The van der Waals surface area contributed by atoms with Gasteiger partial charge in [0.1, 0.15) is 6.54 Å². The van der Waals surface area contributed by atoms with E-state index in [1.165, 1.54) is 5.01 Å². The van der Waals surface area contributed by atoms with Crippen LogP contribution in [0.15, 0.2) is 29.4 Å². The van der Waals surface area contributed by atoms with Gasteiger partial charge in [0, 0.05) is 23.9 Å². The molecule has 1 aromatic rings. The van der Waals surface area contributed by atoms with E-state index in [2.05, 4.69) is 10.4 Å². The number of carbonyl (C=O) groups is 2. The number of halogens is 1. The molecule has 1 aliphatic carbocycles. The number of nitrogens with one attached hydrogen (secondary N) is 1. The molecule has 2 aliphatic rings. The first kappa shape index (κ1) is 14.1. The summed E-state index contributed by atoms with van der Waals surface area (Å²) >= 11 is 5.87. The van der Waals surface area contributed by atoms with Crippen molar-refractivity contribution in [3.05, 3.63) is 34.9 Å². The fourth-order valence-electron chi connectivity index (χ4n) is 2.21. The zero-order valence-electron chi connectivity index (χ0n) is 11.5. The lowest BCUT2D eigenvalue weighted by Gasteiger charge is -2.23. The predicted octanol–water partition coefficient (Wildman–Crippen LogP) is 1.95. The second kappa shape index (κ2) is 5.85. The van der Waals surface area contributed by atoms with E-state index in [1.807, 2.05) is 12.1 Å². The number of rotatable bonds is 4. The number of nitrogens with zero attached hydrogens (tertiary/aromatic N) is 2. The highest BCUT2D eigenvalue weighted by molar-refractivity contribution is 6.30. The first-order valence-electron chi connectivity index (χ1n) is 7.05. The van der Waals surface area contributed by atoms with Crippen LogP contribution in [0.25, 0.3) is 0 Å². The Morgan fingerprint density at radius 3 is 2.67 bits per heavy atom. The molecule has 110 valence electrons. The summed E-state index contributed by atoms with van der Waals surface area (Å²) in [6.45, 7) is -0.00752. The zero-order chi connectivity index (χ0) is 14.8. The fourth-order valence-corrected chi connectivity index (χ4v) is 2.34. The maximum atomic E-state index is 11.9. The Kier molecular flexibility index (Phi) is 3.92.